The zero-order valence-corrected chi connectivity index (χ0v) is 15.8. The Morgan fingerprint density at radius 3 is 2.36 bits per heavy atom. The van der Waals surface area contributed by atoms with Gasteiger partial charge in [-0.1, -0.05) is 11.6 Å². The summed E-state index contributed by atoms with van der Waals surface area (Å²) in [6.07, 6.45) is 0.961. The highest BCUT2D eigenvalue weighted by molar-refractivity contribution is 9.11. The SMILES string of the molecule is COC(=O)/C=C(/Nc1c(Cl)cc(Br)c(OC)c1Br)C(=O)OC. The van der Waals surface area contributed by atoms with Gasteiger partial charge >= 0.3 is 11.9 Å². The van der Waals surface area contributed by atoms with Gasteiger partial charge < -0.3 is 19.5 Å². The number of anilines is 1. The second-order valence-electron chi connectivity index (χ2n) is 3.76. The lowest BCUT2D eigenvalue weighted by Crippen LogP contribution is -2.16. The van der Waals surface area contributed by atoms with E-state index in [4.69, 9.17) is 16.3 Å². The molecule has 1 N–H and O–H groups in total. The number of carbonyl (C=O) groups is 2. The third-order valence-corrected chi connectivity index (χ3v) is 4.10. The Balaban J connectivity index is 3.33. The molecule has 0 saturated carbocycles. The summed E-state index contributed by atoms with van der Waals surface area (Å²) >= 11 is 12.8. The number of methoxy groups -OCH3 is 3. The molecule has 6 nitrogen and oxygen atoms in total. The van der Waals surface area contributed by atoms with E-state index in [0.29, 0.717) is 25.4 Å². The van der Waals surface area contributed by atoms with Crippen LogP contribution in [0.15, 0.2) is 26.8 Å². The second kappa shape index (κ2) is 8.40. The third kappa shape index (κ3) is 4.37. The molecule has 0 spiro atoms. The molecule has 0 atom stereocenters. The van der Waals surface area contributed by atoms with Crippen LogP contribution in [-0.2, 0) is 19.1 Å². The molecule has 0 heterocycles. The molecule has 120 valence electrons. The van der Waals surface area contributed by atoms with Crippen molar-refractivity contribution in [3.63, 3.8) is 0 Å². The molecule has 1 aromatic carbocycles. The van der Waals surface area contributed by atoms with Gasteiger partial charge in [0.05, 0.1) is 47.1 Å². The van der Waals surface area contributed by atoms with Crippen LogP contribution in [0.4, 0.5) is 5.69 Å². The minimum absolute atomic E-state index is 0.138. The minimum Gasteiger partial charge on any atom is -0.494 e. The standard InChI is InChI=1S/C13H12Br2ClNO5/c1-20-9(18)5-8(13(19)22-3)17-11-7(16)4-6(14)12(21-2)10(11)15/h4-5,17H,1-3H3/b8-5+. The summed E-state index contributed by atoms with van der Waals surface area (Å²) in [5, 5.41) is 3.03. The van der Waals surface area contributed by atoms with E-state index in [2.05, 4.69) is 46.7 Å². The lowest BCUT2D eigenvalue weighted by atomic mass is 10.2. The number of hydrogen-bond donors (Lipinski definition) is 1. The summed E-state index contributed by atoms with van der Waals surface area (Å²) in [7, 11) is 3.86. The van der Waals surface area contributed by atoms with Crippen molar-refractivity contribution in [2.45, 2.75) is 0 Å². The van der Waals surface area contributed by atoms with Crippen LogP contribution in [0.3, 0.4) is 0 Å². The zero-order valence-electron chi connectivity index (χ0n) is 11.8. The number of hydrogen-bond acceptors (Lipinski definition) is 6. The van der Waals surface area contributed by atoms with Gasteiger partial charge in [-0.25, -0.2) is 9.59 Å². The van der Waals surface area contributed by atoms with E-state index >= 15 is 0 Å². The fourth-order valence-corrected chi connectivity index (χ4v) is 3.48. The molecule has 0 aliphatic heterocycles. The Kier molecular flexibility index (Phi) is 7.18. The van der Waals surface area contributed by atoms with Gasteiger partial charge in [0, 0.05) is 0 Å². The lowest BCUT2D eigenvalue weighted by Gasteiger charge is -2.15. The largest absolute Gasteiger partial charge is 0.494 e. The maximum absolute atomic E-state index is 11.8. The normalized spacial score (nSPS) is 10.9. The Hall–Kier alpha value is -1.25. The summed E-state index contributed by atoms with van der Waals surface area (Å²) < 4.78 is 15.4. The molecule has 1 rings (SSSR count). The number of nitrogens with one attached hydrogen (secondary N) is 1. The fourth-order valence-electron chi connectivity index (χ4n) is 1.44. The van der Waals surface area contributed by atoms with Crippen molar-refractivity contribution < 1.29 is 23.8 Å². The van der Waals surface area contributed by atoms with Gasteiger partial charge in [0.1, 0.15) is 11.4 Å². The molecule has 0 aromatic heterocycles. The van der Waals surface area contributed by atoms with Crippen LogP contribution >= 0.6 is 43.5 Å². The monoisotopic (exact) mass is 455 g/mol. The summed E-state index contributed by atoms with van der Waals surface area (Å²) in [4.78, 5) is 23.1. The quantitative estimate of drug-likeness (QED) is 0.539. The highest BCUT2D eigenvalue weighted by Crippen LogP contribution is 2.43. The Bertz CT molecular complexity index is 633. The van der Waals surface area contributed by atoms with Crippen LogP contribution in [0.25, 0.3) is 0 Å². The fraction of sp³-hybridized carbons (Fsp3) is 0.231. The lowest BCUT2D eigenvalue weighted by molar-refractivity contribution is -0.138. The number of rotatable bonds is 5. The molecule has 0 saturated heterocycles. The van der Waals surface area contributed by atoms with Gasteiger partial charge in [-0.3, -0.25) is 0 Å². The summed E-state index contributed by atoms with van der Waals surface area (Å²) in [5.41, 5.74) is 0.198. The molecule has 0 amide bonds. The highest BCUT2D eigenvalue weighted by atomic mass is 79.9. The maximum Gasteiger partial charge on any atom is 0.354 e. The predicted molar refractivity (Wildman–Crippen MR) is 89.1 cm³/mol. The number of benzene rings is 1. The van der Waals surface area contributed by atoms with E-state index in [9.17, 15) is 9.59 Å². The van der Waals surface area contributed by atoms with Crippen molar-refractivity contribution >= 4 is 61.1 Å². The van der Waals surface area contributed by atoms with Gasteiger partial charge in [-0.2, -0.15) is 0 Å². The first-order chi connectivity index (χ1) is 10.3. The molecule has 1 aromatic rings. The van der Waals surface area contributed by atoms with Gasteiger partial charge in [0.15, 0.2) is 0 Å². The van der Waals surface area contributed by atoms with Crippen molar-refractivity contribution in [2.24, 2.45) is 0 Å². The molecule has 0 aliphatic rings. The van der Waals surface area contributed by atoms with Crippen molar-refractivity contribution in [2.75, 3.05) is 26.6 Å². The van der Waals surface area contributed by atoms with E-state index in [1.807, 2.05) is 0 Å². The summed E-state index contributed by atoms with van der Waals surface area (Å²) in [6.45, 7) is 0. The Morgan fingerprint density at radius 2 is 1.86 bits per heavy atom. The van der Waals surface area contributed by atoms with Gasteiger partial charge in [-0.15, -0.1) is 0 Å². The average molecular weight is 458 g/mol. The maximum atomic E-state index is 11.8. The predicted octanol–water partition coefficient (Wildman–Crippen LogP) is 3.52. The molecule has 0 radical (unpaired) electrons. The zero-order chi connectivity index (χ0) is 16.9. The first kappa shape index (κ1) is 18.8. The molecular weight excluding hydrogens is 445 g/mol. The number of halogens is 3. The van der Waals surface area contributed by atoms with Crippen LogP contribution in [-0.4, -0.2) is 33.3 Å². The summed E-state index contributed by atoms with van der Waals surface area (Å²) in [6, 6.07) is 1.58. The Morgan fingerprint density at radius 1 is 1.23 bits per heavy atom. The highest BCUT2D eigenvalue weighted by Gasteiger charge is 2.19. The van der Waals surface area contributed by atoms with Crippen LogP contribution in [0.1, 0.15) is 0 Å². The van der Waals surface area contributed by atoms with Crippen molar-refractivity contribution in [1.29, 1.82) is 0 Å². The molecule has 9 heteroatoms. The van der Waals surface area contributed by atoms with E-state index in [-0.39, 0.29) is 5.70 Å². The van der Waals surface area contributed by atoms with Crippen LogP contribution in [0.2, 0.25) is 5.02 Å². The van der Waals surface area contributed by atoms with E-state index in [1.54, 1.807) is 6.07 Å². The average Bonchev–Trinajstić information content (AvgIpc) is 2.49. The van der Waals surface area contributed by atoms with Crippen LogP contribution < -0.4 is 10.1 Å². The second-order valence-corrected chi connectivity index (χ2v) is 5.81. The third-order valence-electron chi connectivity index (χ3n) is 2.46. The number of esters is 2. The smallest absolute Gasteiger partial charge is 0.354 e. The molecule has 0 fully saturated rings. The summed E-state index contributed by atoms with van der Waals surface area (Å²) in [5.74, 6) is -1.01. The van der Waals surface area contributed by atoms with Crippen molar-refractivity contribution in [3.8, 4) is 5.75 Å². The number of ether oxygens (including phenoxy) is 3. The van der Waals surface area contributed by atoms with E-state index in [1.165, 1.54) is 21.3 Å². The minimum atomic E-state index is -0.754. The molecule has 0 bridgehead atoms. The van der Waals surface area contributed by atoms with Gasteiger partial charge in [-0.05, 0) is 37.9 Å². The Labute approximate surface area is 149 Å². The number of carbonyl (C=O) groups excluding carboxylic acids is 2. The molecular formula is C13H12Br2ClNO5. The first-order valence-electron chi connectivity index (χ1n) is 5.72. The van der Waals surface area contributed by atoms with E-state index in [0.717, 1.165) is 6.08 Å². The van der Waals surface area contributed by atoms with Gasteiger partial charge in [0.25, 0.3) is 0 Å². The molecule has 0 unspecified atom stereocenters. The van der Waals surface area contributed by atoms with Crippen molar-refractivity contribution in [3.05, 3.63) is 31.8 Å². The molecule has 22 heavy (non-hydrogen) atoms. The topological polar surface area (TPSA) is 73.9 Å². The molecule has 0 aliphatic carbocycles. The first-order valence-corrected chi connectivity index (χ1v) is 7.68. The van der Waals surface area contributed by atoms with Crippen LogP contribution in [0, 0.1) is 0 Å². The van der Waals surface area contributed by atoms with Gasteiger partial charge in [0.2, 0.25) is 0 Å². The van der Waals surface area contributed by atoms with E-state index < -0.39 is 11.9 Å². The van der Waals surface area contributed by atoms with Crippen LogP contribution in [0.5, 0.6) is 5.75 Å². The van der Waals surface area contributed by atoms with Crippen molar-refractivity contribution in [1.82, 2.24) is 0 Å².